The number of aromatic nitrogens is 1. The summed E-state index contributed by atoms with van der Waals surface area (Å²) in [6.45, 7) is 4.17. The van der Waals surface area contributed by atoms with Crippen molar-refractivity contribution in [3.05, 3.63) is 35.0 Å². The lowest BCUT2D eigenvalue weighted by Crippen LogP contribution is -2.17. The fraction of sp³-hybridized carbons (Fsp3) is 0.412. The quantitative estimate of drug-likeness (QED) is 0.934. The second-order valence-electron chi connectivity index (χ2n) is 5.78. The van der Waals surface area contributed by atoms with Gasteiger partial charge in [-0.15, -0.1) is 0 Å². The summed E-state index contributed by atoms with van der Waals surface area (Å²) < 4.78 is 1.67. The minimum atomic E-state index is -0.922. The van der Waals surface area contributed by atoms with Crippen LogP contribution in [0.4, 0.5) is 0 Å². The zero-order valence-electron chi connectivity index (χ0n) is 12.8. The second-order valence-corrected chi connectivity index (χ2v) is 6.85. The molecule has 1 aromatic heterocycles. The lowest BCUT2D eigenvalue weighted by Gasteiger charge is -2.12. The highest BCUT2D eigenvalue weighted by Gasteiger charge is 2.27. The number of fused-ring (bicyclic) bond motifs is 3. The molecule has 5 heteroatoms. The molecular formula is C17H19NO3S. The molecule has 0 aliphatic carbocycles. The number of thioether (sulfide) groups is 1. The van der Waals surface area contributed by atoms with Crippen LogP contribution in [0.1, 0.15) is 47.8 Å². The third-order valence-corrected chi connectivity index (χ3v) is 5.31. The average molecular weight is 317 g/mol. The number of hydrogen-bond acceptors (Lipinski definition) is 3. The first-order valence-corrected chi connectivity index (χ1v) is 8.55. The van der Waals surface area contributed by atoms with E-state index in [2.05, 4.69) is 26.0 Å². The van der Waals surface area contributed by atoms with Crippen LogP contribution in [0.3, 0.4) is 0 Å². The number of aliphatic carboxylic acids is 1. The summed E-state index contributed by atoms with van der Waals surface area (Å²) in [7, 11) is 0. The Morgan fingerprint density at radius 1 is 1.45 bits per heavy atom. The standard InChI is InChI=1S/C17H19NO3S/c1-3-10(2)11-4-5-14-13(8-11)12-6-7-22-17(21)16(12)18(14)9-15(19)20/h4-5,8,10H,3,6-7,9H2,1-2H3,(H,19,20). The van der Waals surface area contributed by atoms with Crippen LogP contribution in [0.5, 0.6) is 0 Å². The zero-order chi connectivity index (χ0) is 15.9. The summed E-state index contributed by atoms with van der Waals surface area (Å²) >= 11 is 1.28. The molecule has 2 aromatic rings. The first kappa shape index (κ1) is 15.2. The summed E-state index contributed by atoms with van der Waals surface area (Å²) in [4.78, 5) is 23.5. The molecule has 0 spiro atoms. The van der Waals surface area contributed by atoms with Gasteiger partial charge in [0.05, 0.1) is 0 Å². The van der Waals surface area contributed by atoms with Crippen molar-refractivity contribution in [3.63, 3.8) is 0 Å². The molecule has 116 valence electrons. The molecule has 2 heterocycles. The Kier molecular flexibility index (Phi) is 4.00. The van der Waals surface area contributed by atoms with Crippen LogP contribution in [0.25, 0.3) is 10.9 Å². The van der Waals surface area contributed by atoms with Crippen LogP contribution in [-0.2, 0) is 17.8 Å². The van der Waals surface area contributed by atoms with E-state index in [9.17, 15) is 14.7 Å². The third-order valence-electron chi connectivity index (χ3n) is 4.45. The molecule has 0 radical (unpaired) electrons. The van der Waals surface area contributed by atoms with Crippen molar-refractivity contribution in [1.29, 1.82) is 0 Å². The lowest BCUT2D eigenvalue weighted by molar-refractivity contribution is -0.137. The van der Waals surface area contributed by atoms with E-state index in [0.29, 0.717) is 11.6 Å². The summed E-state index contributed by atoms with van der Waals surface area (Å²) in [6, 6.07) is 6.16. The van der Waals surface area contributed by atoms with Crippen molar-refractivity contribution in [1.82, 2.24) is 4.57 Å². The monoisotopic (exact) mass is 317 g/mol. The van der Waals surface area contributed by atoms with E-state index in [0.717, 1.165) is 35.1 Å². The zero-order valence-corrected chi connectivity index (χ0v) is 13.6. The fourth-order valence-electron chi connectivity index (χ4n) is 3.08. The minimum absolute atomic E-state index is 0.0104. The van der Waals surface area contributed by atoms with E-state index in [1.54, 1.807) is 4.57 Å². The SMILES string of the molecule is CCC(C)c1ccc2c(c1)c1c(n2CC(=O)O)C(=O)SCC1. The van der Waals surface area contributed by atoms with Gasteiger partial charge in [0.2, 0.25) is 5.12 Å². The second kappa shape index (κ2) is 5.80. The summed E-state index contributed by atoms with van der Waals surface area (Å²) in [6.07, 6.45) is 1.87. The Morgan fingerprint density at radius 2 is 2.23 bits per heavy atom. The van der Waals surface area contributed by atoms with Gasteiger partial charge >= 0.3 is 5.97 Å². The molecule has 0 fully saturated rings. The smallest absolute Gasteiger partial charge is 0.323 e. The first-order chi connectivity index (χ1) is 10.5. The highest BCUT2D eigenvalue weighted by atomic mass is 32.2. The van der Waals surface area contributed by atoms with Crippen LogP contribution in [0, 0.1) is 0 Å². The van der Waals surface area contributed by atoms with Crippen LogP contribution in [-0.4, -0.2) is 26.5 Å². The van der Waals surface area contributed by atoms with Gasteiger partial charge in [0, 0.05) is 16.7 Å². The largest absolute Gasteiger partial charge is 0.480 e. The van der Waals surface area contributed by atoms with Crippen molar-refractivity contribution in [2.45, 2.75) is 39.2 Å². The Balaban J connectivity index is 2.26. The number of carbonyl (C=O) groups excluding carboxylic acids is 1. The molecule has 0 bridgehead atoms. The van der Waals surface area contributed by atoms with E-state index < -0.39 is 5.97 Å². The third kappa shape index (κ3) is 2.43. The molecule has 22 heavy (non-hydrogen) atoms. The maximum Gasteiger partial charge on any atom is 0.323 e. The van der Waals surface area contributed by atoms with Crippen LogP contribution < -0.4 is 0 Å². The summed E-state index contributed by atoms with van der Waals surface area (Å²) in [5.41, 5.74) is 3.70. The molecule has 0 saturated carbocycles. The number of hydrogen-bond donors (Lipinski definition) is 1. The van der Waals surface area contributed by atoms with E-state index >= 15 is 0 Å². The van der Waals surface area contributed by atoms with Crippen molar-refractivity contribution in [2.75, 3.05) is 5.75 Å². The Morgan fingerprint density at radius 3 is 2.91 bits per heavy atom. The van der Waals surface area contributed by atoms with Gasteiger partial charge in [-0.2, -0.15) is 0 Å². The van der Waals surface area contributed by atoms with Crippen molar-refractivity contribution in [2.24, 2.45) is 0 Å². The number of carbonyl (C=O) groups is 2. The predicted molar refractivity (Wildman–Crippen MR) is 88.8 cm³/mol. The molecular weight excluding hydrogens is 298 g/mol. The summed E-state index contributed by atoms with van der Waals surface area (Å²) in [5, 5.41) is 10.2. The number of benzene rings is 1. The number of rotatable bonds is 4. The lowest BCUT2D eigenvalue weighted by atomic mass is 9.96. The average Bonchev–Trinajstić information content (AvgIpc) is 2.81. The molecule has 0 saturated heterocycles. The molecule has 1 atom stereocenters. The first-order valence-electron chi connectivity index (χ1n) is 7.56. The van der Waals surface area contributed by atoms with E-state index in [1.807, 2.05) is 6.07 Å². The van der Waals surface area contributed by atoms with Gasteiger partial charge in [0.15, 0.2) is 0 Å². The maximum atomic E-state index is 12.3. The van der Waals surface area contributed by atoms with Gasteiger partial charge in [0.25, 0.3) is 0 Å². The molecule has 1 aliphatic rings. The highest BCUT2D eigenvalue weighted by Crippen LogP contribution is 2.35. The normalized spacial score (nSPS) is 15.8. The molecule has 0 amide bonds. The van der Waals surface area contributed by atoms with Crippen LogP contribution in [0.2, 0.25) is 0 Å². The number of nitrogens with zero attached hydrogens (tertiary/aromatic N) is 1. The topological polar surface area (TPSA) is 59.3 Å². The molecule has 1 aromatic carbocycles. The van der Waals surface area contributed by atoms with Gasteiger partial charge in [-0.05, 0) is 42.0 Å². The number of aryl methyl sites for hydroxylation is 1. The molecule has 1 aliphatic heterocycles. The highest BCUT2D eigenvalue weighted by molar-refractivity contribution is 8.14. The molecule has 4 nitrogen and oxygen atoms in total. The van der Waals surface area contributed by atoms with E-state index in [1.165, 1.54) is 17.3 Å². The van der Waals surface area contributed by atoms with Crippen LogP contribution >= 0.6 is 11.8 Å². The molecule has 1 N–H and O–H groups in total. The number of carboxylic acids is 1. The van der Waals surface area contributed by atoms with Gasteiger partial charge in [-0.25, -0.2) is 0 Å². The van der Waals surface area contributed by atoms with Crippen molar-refractivity contribution in [3.8, 4) is 0 Å². The van der Waals surface area contributed by atoms with Crippen LogP contribution in [0.15, 0.2) is 18.2 Å². The van der Waals surface area contributed by atoms with Gasteiger partial charge < -0.3 is 9.67 Å². The molecule has 1 unspecified atom stereocenters. The minimum Gasteiger partial charge on any atom is -0.480 e. The Hall–Kier alpha value is -1.75. The van der Waals surface area contributed by atoms with E-state index in [4.69, 9.17) is 0 Å². The maximum absolute atomic E-state index is 12.3. The van der Waals surface area contributed by atoms with Gasteiger partial charge in [0.1, 0.15) is 12.2 Å². The van der Waals surface area contributed by atoms with E-state index in [-0.39, 0.29) is 11.7 Å². The summed E-state index contributed by atoms with van der Waals surface area (Å²) in [5.74, 6) is 0.302. The Labute approximate surface area is 133 Å². The Bertz CT molecular complexity index is 763. The van der Waals surface area contributed by atoms with Gasteiger partial charge in [-0.1, -0.05) is 31.7 Å². The fourth-order valence-corrected chi connectivity index (χ4v) is 3.95. The van der Waals surface area contributed by atoms with Gasteiger partial charge in [-0.3, -0.25) is 9.59 Å². The predicted octanol–water partition coefficient (Wildman–Crippen LogP) is 3.67. The van der Waals surface area contributed by atoms with Crippen molar-refractivity contribution >= 4 is 33.7 Å². The number of carboxylic acid groups (broad SMARTS) is 1. The molecule has 3 rings (SSSR count). The van der Waals surface area contributed by atoms with Crippen molar-refractivity contribution < 1.29 is 14.7 Å².